The maximum Gasteiger partial charge on any atom is 0.289 e. The van der Waals surface area contributed by atoms with E-state index < -0.39 is 27.1 Å². The standard InChI is InChI=1S/C14H17N3O5/c1-9-4-3-5-10(2)15(9)14(18)12-7-6-11(16(19)20)8-13(12)17(21)22/h6-10H,3-5H2,1-2H3/t9-,10-/m1/s1. The van der Waals surface area contributed by atoms with E-state index in [2.05, 4.69) is 0 Å². The van der Waals surface area contributed by atoms with Crippen molar-refractivity contribution < 1.29 is 14.6 Å². The van der Waals surface area contributed by atoms with Crippen molar-refractivity contribution in [3.05, 3.63) is 44.0 Å². The number of carbonyl (C=O) groups is 1. The van der Waals surface area contributed by atoms with E-state index in [9.17, 15) is 25.0 Å². The Hall–Kier alpha value is -2.51. The van der Waals surface area contributed by atoms with Crippen LogP contribution in [-0.4, -0.2) is 32.7 Å². The van der Waals surface area contributed by atoms with Gasteiger partial charge in [0.15, 0.2) is 0 Å². The molecule has 2 atom stereocenters. The van der Waals surface area contributed by atoms with Crippen LogP contribution in [0.25, 0.3) is 0 Å². The molecule has 0 aliphatic carbocycles. The second kappa shape index (κ2) is 6.08. The summed E-state index contributed by atoms with van der Waals surface area (Å²) in [5.74, 6) is -0.443. The molecule has 0 N–H and O–H groups in total. The first-order chi connectivity index (χ1) is 10.3. The van der Waals surface area contributed by atoms with Gasteiger partial charge in [0.1, 0.15) is 5.56 Å². The quantitative estimate of drug-likeness (QED) is 0.630. The third-order valence-electron chi connectivity index (χ3n) is 4.05. The monoisotopic (exact) mass is 307 g/mol. The Morgan fingerprint density at radius 3 is 2.23 bits per heavy atom. The SMILES string of the molecule is C[C@@H]1CCC[C@@H](C)N1C(=O)c1ccc([N+](=O)[O-])cc1[N+](=O)[O-]. The summed E-state index contributed by atoms with van der Waals surface area (Å²) in [4.78, 5) is 34.8. The zero-order chi connectivity index (χ0) is 16.4. The highest BCUT2D eigenvalue weighted by molar-refractivity contribution is 5.99. The van der Waals surface area contributed by atoms with E-state index >= 15 is 0 Å². The van der Waals surface area contributed by atoms with E-state index in [1.54, 1.807) is 4.90 Å². The lowest BCUT2D eigenvalue weighted by atomic mass is 9.96. The topological polar surface area (TPSA) is 107 Å². The fourth-order valence-electron chi connectivity index (χ4n) is 2.93. The molecule has 0 saturated carbocycles. The Kier molecular flexibility index (Phi) is 4.39. The molecular weight excluding hydrogens is 290 g/mol. The van der Waals surface area contributed by atoms with Crippen LogP contribution in [0, 0.1) is 20.2 Å². The highest BCUT2D eigenvalue weighted by Gasteiger charge is 2.34. The number of likely N-dealkylation sites (tertiary alicyclic amines) is 1. The summed E-state index contributed by atoms with van der Waals surface area (Å²) >= 11 is 0. The van der Waals surface area contributed by atoms with E-state index in [-0.39, 0.29) is 17.6 Å². The predicted molar refractivity (Wildman–Crippen MR) is 78.7 cm³/mol. The number of nitro benzene ring substituents is 2. The van der Waals surface area contributed by atoms with Crippen molar-refractivity contribution in [3.63, 3.8) is 0 Å². The number of hydrogen-bond acceptors (Lipinski definition) is 5. The van der Waals surface area contributed by atoms with Gasteiger partial charge in [-0.25, -0.2) is 0 Å². The maximum atomic E-state index is 12.7. The van der Waals surface area contributed by atoms with Crippen LogP contribution in [-0.2, 0) is 0 Å². The first-order valence-corrected chi connectivity index (χ1v) is 7.08. The highest BCUT2D eigenvalue weighted by Crippen LogP contribution is 2.30. The largest absolute Gasteiger partial charge is 0.333 e. The third-order valence-corrected chi connectivity index (χ3v) is 4.05. The van der Waals surface area contributed by atoms with Gasteiger partial charge in [-0.15, -0.1) is 0 Å². The molecule has 1 aliphatic heterocycles. The zero-order valence-electron chi connectivity index (χ0n) is 12.4. The van der Waals surface area contributed by atoms with E-state index in [0.717, 1.165) is 31.4 Å². The number of non-ortho nitro benzene ring substituents is 1. The summed E-state index contributed by atoms with van der Waals surface area (Å²) in [6, 6.07) is 3.12. The van der Waals surface area contributed by atoms with Crippen molar-refractivity contribution in [2.45, 2.75) is 45.2 Å². The van der Waals surface area contributed by atoms with Gasteiger partial charge in [0.2, 0.25) is 0 Å². The van der Waals surface area contributed by atoms with E-state index in [1.807, 2.05) is 13.8 Å². The van der Waals surface area contributed by atoms with E-state index in [4.69, 9.17) is 0 Å². The van der Waals surface area contributed by atoms with Crippen LogP contribution in [0.1, 0.15) is 43.5 Å². The van der Waals surface area contributed by atoms with Crippen LogP contribution in [0.4, 0.5) is 11.4 Å². The first-order valence-electron chi connectivity index (χ1n) is 7.08. The summed E-state index contributed by atoms with van der Waals surface area (Å²) in [5, 5.41) is 21.9. The van der Waals surface area contributed by atoms with Crippen LogP contribution in [0.5, 0.6) is 0 Å². The van der Waals surface area contributed by atoms with Crippen LogP contribution >= 0.6 is 0 Å². The molecule has 0 spiro atoms. The molecule has 1 aromatic rings. The average molecular weight is 307 g/mol. The fraction of sp³-hybridized carbons (Fsp3) is 0.500. The van der Waals surface area contributed by atoms with Gasteiger partial charge in [0, 0.05) is 18.2 Å². The summed E-state index contributed by atoms with van der Waals surface area (Å²) in [5.41, 5.74) is -1.02. The minimum absolute atomic E-state index is 0.00829. The van der Waals surface area contributed by atoms with Crippen LogP contribution < -0.4 is 0 Å². The molecule has 0 unspecified atom stereocenters. The van der Waals surface area contributed by atoms with E-state index in [0.29, 0.717) is 0 Å². The molecule has 22 heavy (non-hydrogen) atoms. The molecule has 2 rings (SSSR count). The summed E-state index contributed by atoms with van der Waals surface area (Å²) in [6.07, 6.45) is 2.70. The molecule has 8 nitrogen and oxygen atoms in total. The molecular formula is C14H17N3O5. The summed E-state index contributed by atoms with van der Waals surface area (Å²) < 4.78 is 0. The highest BCUT2D eigenvalue weighted by atomic mass is 16.6. The number of carbonyl (C=O) groups excluding carboxylic acids is 1. The molecule has 0 radical (unpaired) electrons. The Morgan fingerprint density at radius 2 is 1.73 bits per heavy atom. The molecule has 118 valence electrons. The molecule has 1 saturated heterocycles. The molecule has 0 aromatic heterocycles. The van der Waals surface area contributed by atoms with Crippen LogP contribution in [0.2, 0.25) is 0 Å². The van der Waals surface area contributed by atoms with Crippen molar-refractivity contribution in [2.75, 3.05) is 0 Å². The zero-order valence-corrected chi connectivity index (χ0v) is 12.4. The smallest absolute Gasteiger partial charge is 0.289 e. The van der Waals surface area contributed by atoms with Gasteiger partial charge >= 0.3 is 0 Å². The normalized spacial score (nSPS) is 21.5. The van der Waals surface area contributed by atoms with E-state index in [1.165, 1.54) is 6.07 Å². The van der Waals surface area contributed by atoms with Gasteiger partial charge in [0.25, 0.3) is 17.3 Å². The van der Waals surface area contributed by atoms with Crippen molar-refractivity contribution >= 4 is 17.3 Å². The Morgan fingerprint density at radius 1 is 1.14 bits per heavy atom. The van der Waals surface area contributed by atoms with Gasteiger partial charge in [-0.3, -0.25) is 25.0 Å². The van der Waals surface area contributed by atoms with Crippen LogP contribution in [0.15, 0.2) is 18.2 Å². The predicted octanol–water partition coefficient (Wildman–Crippen LogP) is 2.91. The van der Waals surface area contributed by atoms with Gasteiger partial charge in [-0.2, -0.15) is 0 Å². The summed E-state index contributed by atoms with van der Waals surface area (Å²) in [6.45, 7) is 3.82. The molecule has 1 heterocycles. The Balaban J connectivity index is 2.44. The van der Waals surface area contributed by atoms with Crippen molar-refractivity contribution in [3.8, 4) is 0 Å². The van der Waals surface area contributed by atoms with Crippen LogP contribution in [0.3, 0.4) is 0 Å². The molecule has 1 fully saturated rings. The van der Waals surface area contributed by atoms with Crippen molar-refractivity contribution in [1.82, 2.24) is 4.90 Å². The van der Waals surface area contributed by atoms with Gasteiger partial charge in [-0.05, 0) is 39.2 Å². The number of rotatable bonds is 3. The maximum absolute atomic E-state index is 12.7. The lowest BCUT2D eigenvalue weighted by molar-refractivity contribution is -0.394. The lowest BCUT2D eigenvalue weighted by Gasteiger charge is -2.39. The van der Waals surface area contributed by atoms with Gasteiger partial charge in [-0.1, -0.05) is 0 Å². The number of piperidine rings is 1. The second-order valence-electron chi connectivity index (χ2n) is 5.56. The average Bonchev–Trinajstić information content (AvgIpc) is 2.46. The third kappa shape index (κ3) is 2.90. The lowest BCUT2D eigenvalue weighted by Crippen LogP contribution is -2.47. The number of amides is 1. The number of nitro groups is 2. The number of hydrogen-bond donors (Lipinski definition) is 0. The molecule has 8 heteroatoms. The molecule has 1 aromatic carbocycles. The van der Waals surface area contributed by atoms with Crippen molar-refractivity contribution in [2.24, 2.45) is 0 Å². The molecule has 1 aliphatic rings. The van der Waals surface area contributed by atoms with Crippen molar-refractivity contribution in [1.29, 1.82) is 0 Å². The number of nitrogens with zero attached hydrogens (tertiary/aromatic N) is 3. The van der Waals surface area contributed by atoms with Gasteiger partial charge < -0.3 is 4.90 Å². The van der Waals surface area contributed by atoms with Gasteiger partial charge in [0.05, 0.1) is 15.9 Å². The second-order valence-corrected chi connectivity index (χ2v) is 5.56. The first kappa shape index (κ1) is 15.9. The molecule has 0 bridgehead atoms. The Bertz CT molecular complexity index is 621. The number of benzene rings is 1. The Labute approximate surface area is 127 Å². The summed E-state index contributed by atoms with van der Waals surface area (Å²) in [7, 11) is 0. The minimum Gasteiger partial charge on any atom is -0.333 e. The minimum atomic E-state index is -0.750. The fourth-order valence-corrected chi connectivity index (χ4v) is 2.93. The molecule has 1 amide bonds.